The van der Waals surface area contributed by atoms with E-state index in [9.17, 15) is 9.18 Å². The Kier molecular flexibility index (Phi) is 7.79. The summed E-state index contributed by atoms with van der Waals surface area (Å²) in [5.74, 6) is 0.997. The highest BCUT2D eigenvalue weighted by Crippen LogP contribution is 2.45. The third kappa shape index (κ3) is 6.24. The number of hydrogen-bond acceptors (Lipinski definition) is 5. The molecule has 2 aromatic carbocycles. The Hall–Kier alpha value is -3.28. The molecule has 5 nitrogen and oxygen atoms in total. The Morgan fingerprint density at radius 1 is 1.17 bits per heavy atom. The van der Waals surface area contributed by atoms with Gasteiger partial charge in [0.2, 0.25) is 0 Å². The van der Waals surface area contributed by atoms with Crippen molar-refractivity contribution in [3.05, 3.63) is 77.0 Å². The van der Waals surface area contributed by atoms with E-state index in [1.54, 1.807) is 18.3 Å². The molecular formula is C29H33FN2O3. The van der Waals surface area contributed by atoms with Crippen molar-refractivity contribution in [3.63, 3.8) is 0 Å². The number of halogens is 1. The number of aromatic nitrogens is 2. The zero-order valence-corrected chi connectivity index (χ0v) is 20.9. The van der Waals surface area contributed by atoms with Gasteiger partial charge in [-0.1, -0.05) is 37.6 Å². The lowest BCUT2D eigenvalue weighted by Gasteiger charge is -2.17. The van der Waals surface area contributed by atoms with Gasteiger partial charge in [0.15, 0.2) is 0 Å². The first-order chi connectivity index (χ1) is 16.9. The van der Waals surface area contributed by atoms with Crippen molar-refractivity contribution in [1.82, 2.24) is 9.97 Å². The van der Waals surface area contributed by atoms with Gasteiger partial charge in [-0.15, -0.1) is 0 Å². The summed E-state index contributed by atoms with van der Waals surface area (Å²) in [5, 5.41) is 0. The van der Waals surface area contributed by atoms with E-state index in [4.69, 9.17) is 14.5 Å². The quantitative estimate of drug-likeness (QED) is 0.303. The number of carbonyl (C=O) groups excluding carboxylic acids is 1. The smallest absolute Gasteiger partial charge is 0.306 e. The molecule has 0 bridgehead atoms. The Morgan fingerprint density at radius 2 is 1.97 bits per heavy atom. The van der Waals surface area contributed by atoms with E-state index in [-0.39, 0.29) is 30.2 Å². The molecule has 6 heteroatoms. The fraction of sp³-hybridized carbons (Fsp3) is 0.414. The standard InChI is InChI=1S/C29H33FN2O3/c1-5-34-27(33)15-24(20-10-11-20)21-7-6-8-23(14-21)35-17-22-16-31-29(28(32-22)18(2)3)25-13-19(4)9-12-26(25)30/h6-9,12-14,16,18,20,24H,5,10-11,15,17H2,1-4H3/t24-/m0/s1. The van der Waals surface area contributed by atoms with E-state index in [1.165, 1.54) is 6.07 Å². The minimum atomic E-state index is -0.305. The summed E-state index contributed by atoms with van der Waals surface area (Å²) in [5.41, 5.74) is 4.52. The Labute approximate surface area is 206 Å². The fourth-order valence-corrected chi connectivity index (χ4v) is 4.39. The Bertz CT molecular complexity index is 1190. The van der Waals surface area contributed by atoms with Crippen LogP contribution in [0.1, 0.15) is 74.4 Å². The predicted octanol–water partition coefficient (Wildman–Crippen LogP) is 6.74. The molecule has 0 aliphatic heterocycles. The molecule has 0 amide bonds. The summed E-state index contributed by atoms with van der Waals surface area (Å²) in [6.07, 6.45) is 4.32. The zero-order valence-electron chi connectivity index (χ0n) is 20.9. The van der Waals surface area contributed by atoms with Crippen LogP contribution in [0, 0.1) is 18.7 Å². The summed E-state index contributed by atoms with van der Waals surface area (Å²) in [6, 6.07) is 13.0. The lowest BCUT2D eigenvalue weighted by Crippen LogP contribution is -2.12. The third-order valence-electron chi connectivity index (χ3n) is 6.33. The lowest BCUT2D eigenvalue weighted by molar-refractivity contribution is -0.143. The van der Waals surface area contributed by atoms with Crippen molar-refractivity contribution < 1.29 is 18.7 Å². The average Bonchev–Trinajstić information content (AvgIpc) is 3.68. The van der Waals surface area contributed by atoms with Gasteiger partial charge in [-0.25, -0.2) is 4.39 Å². The normalized spacial score (nSPS) is 14.1. The average molecular weight is 477 g/mol. The molecule has 3 aromatic rings. The van der Waals surface area contributed by atoms with Gasteiger partial charge in [-0.3, -0.25) is 14.8 Å². The molecule has 0 spiro atoms. The third-order valence-corrected chi connectivity index (χ3v) is 6.33. The highest BCUT2D eigenvalue weighted by molar-refractivity contribution is 5.70. The van der Waals surface area contributed by atoms with Gasteiger partial charge in [0.25, 0.3) is 0 Å². The Morgan fingerprint density at radius 3 is 2.69 bits per heavy atom. The number of esters is 1. The molecule has 184 valence electrons. The van der Waals surface area contributed by atoms with Crippen LogP contribution in [0.25, 0.3) is 11.3 Å². The molecular weight excluding hydrogens is 443 g/mol. The maximum Gasteiger partial charge on any atom is 0.306 e. The van der Waals surface area contributed by atoms with E-state index in [0.717, 1.165) is 35.4 Å². The molecule has 0 saturated heterocycles. The van der Waals surface area contributed by atoms with Gasteiger partial charge >= 0.3 is 5.97 Å². The summed E-state index contributed by atoms with van der Waals surface area (Å²) < 4.78 is 25.8. The second-order valence-electron chi connectivity index (χ2n) is 9.55. The minimum absolute atomic E-state index is 0.0721. The van der Waals surface area contributed by atoms with Gasteiger partial charge in [-0.05, 0) is 74.3 Å². The summed E-state index contributed by atoms with van der Waals surface area (Å²) in [4.78, 5) is 21.5. The Balaban J connectivity index is 1.51. The van der Waals surface area contributed by atoms with E-state index >= 15 is 0 Å². The molecule has 1 saturated carbocycles. The maximum absolute atomic E-state index is 14.5. The van der Waals surface area contributed by atoms with Crippen molar-refractivity contribution in [2.75, 3.05) is 6.61 Å². The molecule has 1 heterocycles. The highest BCUT2D eigenvalue weighted by atomic mass is 19.1. The molecule has 1 aliphatic carbocycles. The van der Waals surface area contributed by atoms with Gasteiger partial charge in [-0.2, -0.15) is 0 Å². The van der Waals surface area contributed by atoms with Crippen molar-refractivity contribution in [2.45, 2.75) is 65.4 Å². The van der Waals surface area contributed by atoms with Gasteiger partial charge in [0.05, 0.1) is 36.3 Å². The molecule has 0 N–H and O–H groups in total. The van der Waals surface area contributed by atoms with E-state index in [1.807, 2.05) is 45.9 Å². The molecule has 1 fully saturated rings. The minimum Gasteiger partial charge on any atom is -0.487 e. The molecule has 0 radical (unpaired) electrons. The topological polar surface area (TPSA) is 61.3 Å². The van der Waals surface area contributed by atoms with Crippen LogP contribution in [0.2, 0.25) is 0 Å². The highest BCUT2D eigenvalue weighted by Gasteiger charge is 2.34. The zero-order chi connectivity index (χ0) is 24.9. The second kappa shape index (κ2) is 11.0. The molecule has 0 unspecified atom stereocenters. The fourth-order valence-electron chi connectivity index (χ4n) is 4.39. The largest absolute Gasteiger partial charge is 0.487 e. The second-order valence-corrected chi connectivity index (χ2v) is 9.55. The van der Waals surface area contributed by atoms with Gasteiger partial charge in [0.1, 0.15) is 18.2 Å². The van der Waals surface area contributed by atoms with E-state index in [0.29, 0.717) is 35.9 Å². The number of aryl methyl sites for hydroxylation is 1. The molecule has 35 heavy (non-hydrogen) atoms. The van der Waals surface area contributed by atoms with Crippen LogP contribution < -0.4 is 4.74 Å². The number of benzene rings is 2. The first kappa shape index (κ1) is 24.8. The van der Waals surface area contributed by atoms with E-state index in [2.05, 4.69) is 11.1 Å². The van der Waals surface area contributed by atoms with E-state index < -0.39 is 0 Å². The van der Waals surface area contributed by atoms with Crippen LogP contribution in [0.15, 0.2) is 48.7 Å². The van der Waals surface area contributed by atoms with Crippen molar-refractivity contribution >= 4 is 5.97 Å². The van der Waals surface area contributed by atoms with Crippen LogP contribution in [-0.2, 0) is 16.1 Å². The maximum atomic E-state index is 14.5. The van der Waals surface area contributed by atoms with Crippen molar-refractivity contribution in [1.29, 1.82) is 0 Å². The number of nitrogens with zero attached hydrogens (tertiary/aromatic N) is 2. The number of rotatable bonds is 10. The van der Waals surface area contributed by atoms with Crippen LogP contribution in [0.3, 0.4) is 0 Å². The summed E-state index contributed by atoms with van der Waals surface area (Å²) in [6.45, 7) is 8.46. The van der Waals surface area contributed by atoms with Crippen LogP contribution in [0.5, 0.6) is 5.75 Å². The first-order valence-corrected chi connectivity index (χ1v) is 12.4. The molecule has 4 rings (SSSR count). The predicted molar refractivity (Wildman–Crippen MR) is 134 cm³/mol. The summed E-state index contributed by atoms with van der Waals surface area (Å²) >= 11 is 0. The molecule has 1 atom stereocenters. The lowest BCUT2D eigenvalue weighted by atomic mass is 9.91. The molecule has 1 aliphatic rings. The number of hydrogen-bond donors (Lipinski definition) is 0. The van der Waals surface area contributed by atoms with Gasteiger partial charge in [0, 0.05) is 5.56 Å². The molecule has 1 aromatic heterocycles. The van der Waals surface area contributed by atoms with Crippen LogP contribution >= 0.6 is 0 Å². The van der Waals surface area contributed by atoms with Gasteiger partial charge < -0.3 is 9.47 Å². The SMILES string of the molecule is CCOC(=O)C[C@H](c1cccc(OCc2cnc(-c3cc(C)ccc3F)c(C(C)C)n2)c1)C1CC1. The summed E-state index contributed by atoms with van der Waals surface area (Å²) in [7, 11) is 0. The van der Waals surface area contributed by atoms with Crippen molar-refractivity contribution in [3.8, 4) is 17.0 Å². The first-order valence-electron chi connectivity index (χ1n) is 12.4. The van der Waals surface area contributed by atoms with Crippen LogP contribution in [-0.4, -0.2) is 22.5 Å². The van der Waals surface area contributed by atoms with Crippen LogP contribution in [0.4, 0.5) is 4.39 Å². The number of ether oxygens (including phenoxy) is 2. The van der Waals surface area contributed by atoms with Crippen molar-refractivity contribution in [2.24, 2.45) is 5.92 Å². The number of carbonyl (C=O) groups is 1. The monoisotopic (exact) mass is 476 g/mol.